The van der Waals surface area contributed by atoms with Crippen LogP contribution in [0.3, 0.4) is 0 Å². The molecule has 65 heavy (non-hydrogen) atoms. The molecule has 1 rings (SSSR count). The minimum absolute atomic E-state index is 0.00552. The van der Waals surface area contributed by atoms with E-state index in [1.165, 1.54) is 89.9 Å². The zero-order chi connectivity index (χ0) is 47.5. The van der Waals surface area contributed by atoms with Crippen molar-refractivity contribution in [1.29, 1.82) is 0 Å². The predicted octanol–water partition coefficient (Wildman–Crippen LogP) is 11.5. The van der Waals surface area contributed by atoms with Crippen molar-refractivity contribution in [3.63, 3.8) is 0 Å². The number of hydrogen-bond donors (Lipinski definition) is 4. The quantitative estimate of drug-likeness (QED) is 0.0197. The lowest BCUT2D eigenvalue weighted by Gasteiger charge is -2.41. The third-order valence-electron chi connectivity index (χ3n) is 11.1. The zero-order valence-electron chi connectivity index (χ0n) is 40.3. The number of hydrogen-bond acceptors (Lipinski definition) is 11. The van der Waals surface area contributed by atoms with E-state index in [-0.39, 0.29) is 19.6 Å². The van der Waals surface area contributed by atoms with Crippen LogP contribution in [-0.2, 0) is 38.3 Å². The maximum Gasteiger partial charge on any atom is 0.397 e. The van der Waals surface area contributed by atoms with Crippen molar-refractivity contribution in [2.75, 3.05) is 26.4 Å². The van der Waals surface area contributed by atoms with Crippen LogP contribution in [0.25, 0.3) is 0 Å². The highest BCUT2D eigenvalue weighted by atomic mass is 32.3. The summed E-state index contributed by atoms with van der Waals surface area (Å²) < 4.78 is 59.1. The van der Waals surface area contributed by atoms with Crippen molar-refractivity contribution in [2.45, 2.75) is 224 Å². The van der Waals surface area contributed by atoms with Crippen LogP contribution in [0.1, 0.15) is 187 Å². The highest BCUT2D eigenvalue weighted by Gasteiger charge is 2.48. The molecule has 6 atom stereocenters. The first kappa shape index (κ1) is 60.6. The molecule has 0 aromatic heterocycles. The first-order valence-electron chi connectivity index (χ1n) is 25.2. The smallest absolute Gasteiger partial charge is 0.397 e. The molecule has 1 fully saturated rings. The second kappa shape index (κ2) is 42.9. The summed E-state index contributed by atoms with van der Waals surface area (Å²) in [6.07, 6.45) is 46.6. The number of ether oxygens (including phenoxy) is 4. The molecule has 1 heterocycles. The molecule has 0 radical (unpaired) electrons. The lowest BCUT2D eigenvalue weighted by atomic mass is 9.99. The normalized spacial score (nSPS) is 20.2. The van der Waals surface area contributed by atoms with E-state index in [1.807, 2.05) is 0 Å². The van der Waals surface area contributed by atoms with Gasteiger partial charge in [-0.2, -0.15) is 8.42 Å². The zero-order valence-corrected chi connectivity index (χ0v) is 41.1. The number of aliphatic hydroxyl groups excluding tert-OH is 3. The molecule has 1 saturated heterocycles. The summed E-state index contributed by atoms with van der Waals surface area (Å²) in [6.45, 7) is 3.74. The van der Waals surface area contributed by atoms with Gasteiger partial charge in [-0.15, -0.1) is 0 Å². The van der Waals surface area contributed by atoms with Gasteiger partial charge in [-0.25, -0.2) is 4.18 Å². The first-order chi connectivity index (χ1) is 31.6. The molecule has 4 N–H and O–H groups in total. The highest BCUT2D eigenvalue weighted by Crippen LogP contribution is 2.26. The Morgan fingerprint density at radius 2 is 1.05 bits per heavy atom. The first-order valence-corrected chi connectivity index (χ1v) is 26.6. The predicted molar refractivity (Wildman–Crippen MR) is 262 cm³/mol. The summed E-state index contributed by atoms with van der Waals surface area (Å²) in [5, 5.41) is 30.7. The Kier molecular flexibility index (Phi) is 39.9. The van der Waals surface area contributed by atoms with Gasteiger partial charge in [-0.1, -0.05) is 196 Å². The largest absolute Gasteiger partial charge is 0.457 e. The second-order valence-electron chi connectivity index (χ2n) is 17.0. The Balaban J connectivity index is 2.42. The Morgan fingerprint density at radius 3 is 1.49 bits per heavy atom. The Morgan fingerprint density at radius 1 is 0.600 bits per heavy atom. The summed E-state index contributed by atoms with van der Waals surface area (Å²) >= 11 is 0. The molecule has 0 saturated carbocycles. The van der Waals surface area contributed by atoms with Crippen LogP contribution < -0.4 is 0 Å². The molecule has 12 nitrogen and oxygen atoms in total. The van der Waals surface area contributed by atoms with Crippen molar-refractivity contribution in [3.05, 3.63) is 72.9 Å². The van der Waals surface area contributed by atoms with Gasteiger partial charge in [-0.05, 0) is 57.8 Å². The Labute approximate surface area is 394 Å². The average molecular weight is 939 g/mol. The second-order valence-corrected chi connectivity index (χ2v) is 18.1. The topological polar surface area (TPSA) is 178 Å². The summed E-state index contributed by atoms with van der Waals surface area (Å²) in [6, 6.07) is 0. The number of carbonyl (C=O) groups excluding carboxylic acids is 1. The minimum atomic E-state index is -5.07. The molecule has 1 aliphatic heterocycles. The van der Waals surface area contributed by atoms with Crippen molar-refractivity contribution in [2.24, 2.45) is 0 Å². The number of aliphatic hydroxyl groups is 3. The van der Waals surface area contributed by atoms with Crippen LogP contribution in [0.5, 0.6) is 0 Å². The maximum absolute atomic E-state index is 12.9. The van der Waals surface area contributed by atoms with Gasteiger partial charge in [0.25, 0.3) is 0 Å². The lowest BCUT2D eigenvalue weighted by Crippen LogP contribution is -2.60. The number of carbonyl (C=O) groups is 1. The van der Waals surface area contributed by atoms with Gasteiger partial charge >= 0.3 is 16.4 Å². The fraction of sp³-hybridized carbons (Fsp3) is 0.750. The maximum atomic E-state index is 12.9. The van der Waals surface area contributed by atoms with E-state index in [4.69, 9.17) is 18.9 Å². The molecule has 0 amide bonds. The SMILES string of the molecule is CC/C=C\C/C=C\C/C=C\C/C=C\C/C=C\C/C=C\CCCOCC(COC1OC(CO)C(O)C(OS(=O)(=O)O)C1O)OC(=O)CCCCCCCCCCCCCCCCCCCC. The van der Waals surface area contributed by atoms with Crippen LogP contribution in [0, 0.1) is 0 Å². The summed E-state index contributed by atoms with van der Waals surface area (Å²) in [5.41, 5.74) is 0. The van der Waals surface area contributed by atoms with Gasteiger partial charge in [-0.3, -0.25) is 9.35 Å². The van der Waals surface area contributed by atoms with E-state index >= 15 is 0 Å². The van der Waals surface area contributed by atoms with E-state index in [9.17, 15) is 33.1 Å². The molecule has 0 aromatic rings. The standard InChI is InChI=1S/C52H90O12S/c1-3-5-7-9-11-13-15-17-19-21-23-24-26-28-30-32-34-36-38-40-42-60-44-46(45-61-52-50(56)51(64-65(57,58)59)49(55)47(43-53)63-52)62-48(54)41-39-37-35-33-31-29-27-25-22-20-18-16-14-12-10-8-6-4-2/h5,7,11,13,17,19,23-24,28,30,34,36,46-47,49-53,55-56H,3-4,6,8-10,12,14-16,18,20-22,25-27,29,31-33,35,37-45H2,1-2H3,(H,57,58,59)/b7-5-,13-11-,19-17-,24-23-,30-28-,36-34-. The number of rotatable bonds is 43. The van der Waals surface area contributed by atoms with E-state index in [0.29, 0.717) is 13.0 Å². The summed E-state index contributed by atoms with van der Waals surface area (Å²) in [7, 11) is -5.07. The summed E-state index contributed by atoms with van der Waals surface area (Å²) in [4.78, 5) is 12.9. The van der Waals surface area contributed by atoms with Crippen molar-refractivity contribution in [3.8, 4) is 0 Å². The molecule has 13 heteroatoms. The van der Waals surface area contributed by atoms with E-state index in [2.05, 4.69) is 90.9 Å². The van der Waals surface area contributed by atoms with E-state index < -0.39 is 59.8 Å². The Hall–Kier alpha value is -2.46. The van der Waals surface area contributed by atoms with Gasteiger partial charge < -0.3 is 34.3 Å². The molecule has 1 aliphatic rings. The fourth-order valence-electron chi connectivity index (χ4n) is 7.34. The van der Waals surface area contributed by atoms with Crippen LogP contribution in [0.15, 0.2) is 72.9 Å². The van der Waals surface area contributed by atoms with Gasteiger partial charge in [0.1, 0.15) is 30.5 Å². The van der Waals surface area contributed by atoms with E-state index in [0.717, 1.165) is 70.6 Å². The third-order valence-corrected chi connectivity index (χ3v) is 11.6. The molecule has 0 aliphatic carbocycles. The summed E-state index contributed by atoms with van der Waals surface area (Å²) in [5.74, 6) is -0.418. The average Bonchev–Trinajstić information content (AvgIpc) is 3.28. The third kappa shape index (κ3) is 36.3. The lowest BCUT2D eigenvalue weighted by molar-refractivity contribution is -0.301. The Bertz CT molecular complexity index is 1410. The molecule has 6 unspecified atom stereocenters. The molecule has 0 bridgehead atoms. The van der Waals surface area contributed by atoms with Crippen LogP contribution in [-0.4, -0.2) is 97.5 Å². The number of allylic oxidation sites excluding steroid dienone is 12. The molecule has 0 aromatic carbocycles. The molecule has 0 spiro atoms. The molecular formula is C52H90O12S. The van der Waals surface area contributed by atoms with Gasteiger partial charge in [0.05, 0.1) is 19.8 Å². The van der Waals surface area contributed by atoms with Crippen LogP contribution >= 0.6 is 0 Å². The van der Waals surface area contributed by atoms with Crippen molar-refractivity contribution < 1.29 is 56.2 Å². The highest BCUT2D eigenvalue weighted by molar-refractivity contribution is 7.80. The fourth-order valence-corrected chi connectivity index (χ4v) is 7.85. The number of esters is 1. The van der Waals surface area contributed by atoms with Crippen molar-refractivity contribution in [1.82, 2.24) is 0 Å². The van der Waals surface area contributed by atoms with Crippen LogP contribution in [0.2, 0.25) is 0 Å². The van der Waals surface area contributed by atoms with Crippen LogP contribution in [0.4, 0.5) is 0 Å². The van der Waals surface area contributed by atoms with Gasteiger partial charge in [0.2, 0.25) is 0 Å². The van der Waals surface area contributed by atoms with E-state index in [1.54, 1.807) is 0 Å². The van der Waals surface area contributed by atoms with Gasteiger partial charge in [0, 0.05) is 13.0 Å². The molecular weight excluding hydrogens is 849 g/mol. The molecule has 376 valence electrons. The minimum Gasteiger partial charge on any atom is -0.457 e. The van der Waals surface area contributed by atoms with Gasteiger partial charge in [0.15, 0.2) is 6.29 Å². The number of unbranched alkanes of at least 4 members (excludes halogenated alkanes) is 18. The monoisotopic (exact) mass is 939 g/mol. The van der Waals surface area contributed by atoms with Crippen molar-refractivity contribution >= 4 is 16.4 Å².